The van der Waals surface area contributed by atoms with Crippen LogP contribution in [-0.4, -0.2) is 20.0 Å². The number of benzene rings is 2. The van der Waals surface area contributed by atoms with Crippen molar-refractivity contribution in [2.24, 2.45) is 5.41 Å². The van der Waals surface area contributed by atoms with Gasteiger partial charge in [-0.15, -0.1) is 0 Å². The SMILES string of the molecule is CC1(CC2=Cc3c(cccc3-c3ccc(C(C)(C)C)cc3)C2)COCOC1. The maximum atomic E-state index is 5.55. The van der Waals surface area contributed by atoms with Gasteiger partial charge in [-0.2, -0.15) is 0 Å². The maximum absolute atomic E-state index is 5.55. The first-order valence-corrected chi connectivity index (χ1v) is 9.92. The van der Waals surface area contributed by atoms with Crippen LogP contribution in [-0.2, 0) is 21.3 Å². The molecule has 4 rings (SSSR count). The highest BCUT2D eigenvalue weighted by Crippen LogP contribution is 2.39. The number of allylic oxidation sites excluding steroid dienone is 1. The maximum Gasteiger partial charge on any atom is 0.146 e. The summed E-state index contributed by atoms with van der Waals surface area (Å²) in [6.45, 7) is 11.0. The molecular weight excluding hydrogens is 332 g/mol. The van der Waals surface area contributed by atoms with Gasteiger partial charge in [0.2, 0.25) is 0 Å². The molecule has 1 fully saturated rings. The molecule has 0 aromatic heterocycles. The van der Waals surface area contributed by atoms with Gasteiger partial charge in [0.15, 0.2) is 0 Å². The summed E-state index contributed by atoms with van der Waals surface area (Å²) in [7, 11) is 0. The third-order valence-electron chi connectivity index (χ3n) is 5.75. The number of fused-ring (bicyclic) bond motifs is 1. The van der Waals surface area contributed by atoms with Gasteiger partial charge < -0.3 is 9.47 Å². The molecule has 142 valence electrons. The van der Waals surface area contributed by atoms with E-state index >= 15 is 0 Å². The molecule has 1 aliphatic carbocycles. The van der Waals surface area contributed by atoms with Gasteiger partial charge in [-0.3, -0.25) is 0 Å². The molecule has 2 heteroatoms. The molecule has 1 aliphatic heterocycles. The van der Waals surface area contributed by atoms with Gasteiger partial charge in [-0.1, -0.05) is 81.8 Å². The molecule has 0 amide bonds. The molecule has 0 spiro atoms. The van der Waals surface area contributed by atoms with Crippen LogP contribution in [0.2, 0.25) is 0 Å². The molecule has 0 bridgehead atoms. The molecule has 0 unspecified atom stereocenters. The molecule has 0 saturated carbocycles. The highest BCUT2D eigenvalue weighted by Gasteiger charge is 2.31. The Kier molecular flexibility index (Phi) is 4.73. The lowest BCUT2D eigenvalue weighted by Gasteiger charge is -2.33. The molecule has 2 aliphatic rings. The Morgan fingerprint density at radius 2 is 1.67 bits per heavy atom. The zero-order valence-corrected chi connectivity index (χ0v) is 17.0. The zero-order chi connectivity index (χ0) is 19.1. The summed E-state index contributed by atoms with van der Waals surface area (Å²) in [6, 6.07) is 15.8. The molecule has 2 aromatic carbocycles. The molecular formula is C25H30O2. The minimum absolute atomic E-state index is 0.0840. The summed E-state index contributed by atoms with van der Waals surface area (Å²) in [5.74, 6) is 0. The Bertz CT molecular complexity index is 847. The normalized spacial score (nSPS) is 18.9. The molecule has 0 radical (unpaired) electrons. The molecule has 2 aromatic rings. The van der Waals surface area contributed by atoms with E-state index in [1.807, 2.05) is 0 Å². The zero-order valence-electron chi connectivity index (χ0n) is 17.0. The third kappa shape index (κ3) is 3.88. The van der Waals surface area contributed by atoms with Crippen LogP contribution >= 0.6 is 0 Å². The van der Waals surface area contributed by atoms with Gasteiger partial charge in [0.05, 0.1) is 13.2 Å². The molecule has 1 saturated heterocycles. The van der Waals surface area contributed by atoms with Crippen molar-refractivity contribution in [1.29, 1.82) is 0 Å². The average molecular weight is 363 g/mol. The highest BCUT2D eigenvalue weighted by molar-refractivity contribution is 5.81. The Morgan fingerprint density at radius 3 is 2.33 bits per heavy atom. The largest absolute Gasteiger partial charge is 0.355 e. The van der Waals surface area contributed by atoms with Crippen LogP contribution in [0.3, 0.4) is 0 Å². The summed E-state index contributed by atoms with van der Waals surface area (Å²) in [4.78, 5) is 0. The van der Waals surface area contributed by atoms with Crippen molar-refractivity contribution in [3.63, 3.8) is 0 Å². The van der Waals surface area contributed by atoms with Gasteiger partial charge in [0.1, 0.15) is 6.79 Å². The van der Waals surface area contributed by atoms with Crippen LogP contribution in [0, 0.1) is 5.41 Å². The van der Waals surface area contributed by atoms with E-state index < -0.39 is 0 Å². The van der Waals surface area contributed by atoms with E-state index in [2.05, 4.69) is 76.2 Å². The van der Waals surface area contributed by atoms with Crippen molar-refractivity contribution < 1.29 is 9.47 Å². The summed E-state index contributed by atoms with van der Waals surface area (Å²) in [5.41, 5.74) is 8.59. The van der Waals surface area contributed by atoms with Crippen molar-refractivity contribution in [1.82, 2.24) is 0 Å². The van der Waals surface area contributed by atoms with E-state index in [0.29, 0.717) is 6.79 Å². The van der Waals surface area contributed by atoms with E-state index in [1.165, 1.54) is 33.4 Å². The number of hydrogen-bond acceptors (Lipinski definition) is 2. The fourth-order valence-corrected chi connectivity index (χ4v) is 4.28. The first-order chi connectivity index (χ1) is 12.8. The van der Waals surface area contributed by atoms with Crippen molar-refractivity contribution >= 4 is 6.08 Å². The van der Waals surface area contributed by atoms with E-state index in [0.717, 1.165) is 26.1 Å². The third-order valence-corrected chi connectivity index (χ3v) is 5.75. The van der Waals surface area contributed by atoms with E-state index in [9.17, 15) is 0 Å². The lowest BCUT2D eigenvalue weighted by molar-refractivity contribution is -0.158. The van der Waals surface area contributed by atoms with Crippen LogP contribution in [0.1, 0.15) is 50.8 Å². The van der Waals surface area contributed by atoms with Crippen molar-refractivity contribution in [3.05, 3.63) is 64.7 Å². The number of rotatable bonds is 3. The van der Waals surface area contributed by atoms with Crippen LogP contribution in [0.25, 0.3) is 17.2 Å². The lowest BCUT2D eigenvalue weighted by atomic mass is 9.84. The van der Waals surface area contributed by atoms with E-state index in [1.54, 1.807) is 0 Å². The summed E-state index contributed by atoms with van der Waals surface area (Å²) in [6.07, 6.45) is 4.48. The minimum Gasteiger partial charge on any atom is -0.355 e. The van der Waals surface area contributed by atoms with Gasteiger partial charge in [0, 0.05) is 5.41 Å². The van der Waals surface area contributed by atoms with Crippen molar-refractivity contribution in [3.8, 4) is 11.1 Å². The smallest absolute Gasteiger partial charge is 0.146 e. The Hall–Kier alpha value is -1.90. The standard InChI is InChI=1S/C25H30O2/c1-24(2,3)21-10-8-19(9-11-21)22-7-5-6-20-12-18(13-23(20)22)14-25(4)15-26-17-27-16-25/h5-11,13H,12,14-17H2,1-4H3. The first kappa shape index (κ1) is 18.5. The van der Waals surface area contributed by atoms with Crippen LogP contribution in [0.15, 0.2) is 48.0 Å². The van der Waals surface area contributed by atoms with Gasteiger partial charge in [-0.05, 0) is 46.1 Å². The fraction of sp³-hybridized carbons (Fsp3) is 0.440. The number of ether oxygens (including phenoxy) is 2. The highest BCUT2D eigenvalue weighted by atomic mass is 16.7. The van der Waals surface area contributed by atoms with Crippen molar-refractivity contribution in [2.45, 2.75) is 46.0 Å². The molecule has 1 heterocycles. The molecule has 2 nitrogen and oxygen atoms in total. The molecule has 27 heavy (non-hydrogen) atoms. The predicted octanol–water partition coefficient (Wildman–Crippen LogP) is 5.99. The average Bonchev–Trinajstić information content (AvgIpc) is 3.03. The minimum atomic E-state index is 0.0840. The second-order valence-corrected chi connectivity index (χ2v) is 9.49. The van der Waals surface area contributed by atoms with Crippen molar-refractivity contribution in [2.75, 3.05) is 20.0 Å². The quantitative estimate of drug-likeness (QED) is 0.667. The predicted molar refractivity (Wildman–Crippen MR) is 112 cm³/mol. The molecule has 0 atom stereocenters. The summed E-state index contributed by atoms with van der Waals surface area (Å²) >= 11 is 0. The second-order valence-electron chi connectivity index (χ2n) is 9.49. The Balaban J connectivity index is 1.61. The Morgan fingerprint density at radius 1 is 0.963 bits per heavy atom. The second kappa shape index (κ2) is 6.92. The number of hydrogen-bond donors (Lipinski definition) is 0. The lowest BCUT2D eigenvalue weighted by Crippen LogP contribution is -2.35. The first-order valence-electron chi connectivity index (χ1n) is 9.92. The Labute approximate surface area is 163 Å². The van der Waals surface area contributed by atoms with Gasteiger partial charge >= 0.3 is 0 Å². The van der Waals surface area contributed by atoms with E-state index in [-0.39, 0.29) is 10.8 Å². The monoisotopic (exact) mass is 362 g/mol. The van der Waals surface area contributed by atoms with Crippen LogP contribution < -0.4 is 0 Å². The summed E-state index contributed by atoms with van der Waals surface area (Å²) < 4.78 is 11.1. The van der Waals surface area contributed by atoms with Crippen LogP contribution in [0.5, 0.6) is 0 Å². The summed E-state index contributed by atoms with van der Waals surface area (Å²) in [5, 5.41) is 0. The van der Waals surface area contributed by atoms with Gasteiger partial charge in [0.25, 0.3) is 0 Å². The van der Waals surface area contributed by atoms with Gasteiger partial charge in [-0.25, -0.2) is 0 Å². The van der Waals surface area contributed by atoms with Crippen LogP contribution in [0.4, 0.5) is 0 Å². The topological polar surface area (TPSA) is 18.5 Å². The van der Waals surface area contributed by atoms with E-state index in [4.69, 9.17) is 9.47 Å². The molecule has 0 N–H and O–H groups in total. The fourth-order valence-electron chi connectivity index (χ4n) is 4.28.